The maximum Gasteiger partial charge on any atom is 0.326 e. The molecule has 0 bridgehead atoms. The molecule has 0 unspecified atom stereocenters. The Morgan fingerprint density at radius 1 is 1.26 bits per heavy atom. The predicted octanol–water partition coefficient (Wildman–Crippen LogP) is 3.82. The minimum absolute atomic E-state index is 0.0112. The molecule has 3 saturated heterocycles. The second-order valence-corrected chi connectivity index (χ2v) is 11.4. The number of hydrogen-bond donors (Lipinski definition) is 1. The molecule has 0 saturated carbocycles. The number of nitrogens with zero attached hydrogens (tertiary/aromatic N) is 5. The Kier molecular flexibility index (Phi) is 6.38. The van der Waals surface area contributed by atoms with Crippen molar-refractivity contribution in [3.05, 3.63) is 46.9 Å². The smallest absolute Gasteiger partial charge is 0.326 e. The van der Waals surface area contributed by atoms with Gasteiger partial charge in [-0.3, -0.25) is 0 Å². The van der Waals surface area contributed by atoms with Gasteiger partial charge in [0.1, 0.15) is 40.4 Å². The van der Waals surface area contributed by atoms with E-state index in [4.69, 9.17) is 36.7 Å². The first-order valence-corrected chi connectivity index (χ1v) is 14.1. The van der Waals surface area contributed by atoms with Crippen molar-refractivity contribution in [2.75, 3.05) is 42.7 Å². The standard InChI is InChI=1S/C30H28ClN5O6/c1-4-18-9-22(35-7-8-40-30(16(35)2)14-39-15-30)28(32-12-18)41-20-11-23(29(37)38)36(13-20)27-26-25(33-17(3)34-27)21-6-5-19(31)10-24(21)42-26/h1,5-6,9-10,12,16,20,23H,7-8,11,13-15H2,2-3H3,(H,37,38)/t16-,20-,23-/m0/s1. The van der Waals surface area contributed by atoms with Gasteiger partial charge in [0.2, 0.25) is 5.88 Å². The fourth-order valence-corrected chi connectivity index (χ4v) is 6.29. The SMILES string of the molecule is C#Cc1cnc(O[C@H]2C[C@@H](C(=O)O)N(c3nc(C)nc4c3oc3cc(Cl)ccc34)C2)c(N2CCOC3(COC3)[C@@H]2C)c1. The number of aryl methyl sites for hydroxylation is 1. The maximum atomic E-state index is 12.5. The molecule has 42 heavy (non-hydrogen) atoms. The summed E-state index contributed by atoms with van der Waals surface area (Å²) in [4.78, 5) is 30.2. The number of hydrogen-bond acceptors (Lipinski definition) is 10. The van der Waals surface area contributed by atoms with Crippen molar-refractivity contribution in [3.8, 4) is 18.2 Å². The van der Waals surface area contributed by atoms with Gasteiger partial charge in [-0.05, 0) is 32.0 Å². The second-order valence-electron chi connectivity index (χ2n) is 11.0. The van der Waals surface area contributed by atoms with Crippen molar-refractivity contribution in [2.24, 2.45) is 0 Å². The molecule has 3 atom stereocenters. The fraction of sp³-hybridized carbons (Fsp3) is 0.400. The van der Waals surface area contributed by atoms with Crippen LogP contribution in [-0.2, 0) is 14.3 Å². The third-order valence-corrected chi connectivity index (χ3v) is 8.66. The van der Waals surface area contributed by atoms with Crippen molar-refractivity contribution < 1.29 is 28.5 Å². The summed E-state index contributed by atoms with van der Waals surface area (Å²) in [5, 5.41) is 11.5. The number of morpholine rings is 1. The van der Waals surface area contributed by atoms with Crippen LogP contribution in [0.2, 0.25) is 5.02 Å². The summed E-state index contributed by atoms with van der Waals surface area (Å²) in [5.74, 6) is 2.94. The van der Waals surface area contributed by atoms with Gasteiger partial charge in [-0.15, -0.1) is 6.42 Å². The lowest BCUT2D eigenvalue weighted by Gasteiger charge is -2.53. The van der Waals surface area contributed by atoms with Crippen LogP contribution in [0.25, 0.3) is 22.1 Å². The molecule has 3 aliphatic rings. The van der Waals surface area contributed by atoms with Crippen LogP contribution >= 0.6 is 11.6 Å². The first-order valence-electron chi connectivity index (χ1n) is 13.7. The van der Waals surface area contributed by atoms with Crippen LogP contribution in [0.15, 0.2) is 34.9 Å². The van der Waals surface area contributed by atoms with Crippen molar-refractivity contribution in [2.45, 2.75) is 44.1 Å². The second kappa shape index (κ2) is 10.0. The van der Waals surface area contributed by atoms with Crippen molar-refractivity contribution in [1.29, 1.82) is 0 Å². The highest BCUT2D eigenvalue weighted by molar-refractivity contribution is 6.31. The van der Waals surface area contributed by atoms with E-state index in [2.05, 4.69) is 32.7 Å². The quantitative estimate of drug-likeness (QED) is 0.342. The number of aromatic nitrogens is 3. The lowest BCUT2D eigenvalue weighted by atomic mass is 9.90. The topological polar surface area (TPSA) is 123 Å². The molecular formula is C30H28ClN5O6. The number of furan rings is 1. The van der Waals surface area contributed by atoms with Gasteiger partial charge in [0.25, 0.3) is 0 Å². The van der Waals surface area contributed by atoms with Gasteiger partial charge in [0.15, 0.2) is 11.4 Å². The minimum atomic E-state index is -0.991. The third-order valence-electron chi connectivity index (χ3n) is 8.42. The summed E-state index contributed by atoms with van der Waals surface area (Å²) < 4.78 is 24.2. The summed E-state index contributed by atoms with van der Waals surface area (Å²) in [6.45, 7) is 6.28. The van der Waals surface area contributed by atoms with E-state index >= 15 is 0 Å². The Bertz CT molecular complexity index is 1760. The van der Waals surface area contributed by atoms with E-state index in [1.54, 1.807) is 30.2 Å². The molecule has 0 aliphatic carbocycles. The van der Waals surface area contributed by atoms with Gasteiger partial charge in [0, 0.05) is 41.2 Å². The molecule has 3 fully saturated rings. The lowest BCUT2D eigenvalue weighted by Crippen LogP contribution is -2.68. The molecule has 0 radical (unpaired) electrons. The molecule has 7 rings (SSSR count). The molecule has 1 aromatic carbocycles. The maximum absolute atomic E-state index is 12.5. The first-order chi connectivity index (χ1) is 20.3. The lowest BCUT2D eigenvalue weighted by molar-refractivity contribution is -0.228. The number of rotatable bonds is 5. The Balaban J connectivity index is 1.24. The first kappa shape index (κ1) is 26.8. The van der Waals surface area contributed by atoms with Gasteiger partial charge >= 0.3 is 5.97 Å². The van der Waals surface area contributed by atoms with Crippen LogP contribution in [0.4, 0.5) is 11.5 Å². The van der Waals surface area contributed by atoms with Gasteiger partial charge in [0.05, 0.1) is 32.4 Å². The van der Waals surface area contributed by atoms with Gasteiger partial charge in [-0.2, -0.15) is 0 Å². The van der Waals surface area contributed by atoms with E-state index in [-0.39, 0.29) is 19.0 Å². The Morgan fingerprint density at radius 3 is 2.83 bits per heavy atom. The molecule has 1 spiro atoms. The number of fused-ring (bicyclic) bond motifs is 3. The van der Waals surface area contributed by atoms with E-state index in [0.717, 1.165) is 11.1 Å². The minimum Gasteiger partial charge on any atom is -0.480 e. The number of aliphatic carboxylic acids is 1. The number of anilines is 2. The van der Waals surface area contributed by atoms with Gasteiger partial charge < -0.3 is 33.5 Å². The van der Waals surface area contributed by atoms with Crippen LogP contribution in [0, 0.1) is 19.3 Å². The molecule has 4 aromatic rings. The van der Waals surface area contributed by atoms with E-state index in [1.165, 1.54) is 0 Å². The molecule has 3 aromatic heterocycles. The molecule has 11 nitrogen and oxygen atoms in total. The van der Waals surface area contributed by atoms with Crippen molar-refractivity contribution in [3.63, 3.8) is 0 Å². The Hall–Kier alpha value is -4.11. The van der Waals surface area contributed by atoms with E-state index in [9.17, 15) is 9.90 Å². The Labute approximate surface area is 246 Å². The molecule has 6 heterocycles. The van der Waals surface area contributed by atoms with Crippen molar-refractivity contribution in [1.82, 2.24) is 15.0 Å². The largest absolute Gasteiger partial charge is 0.480 e. The summed E-state index contributed by atoms with van der Waals surface area (Å²) >= 11 is 6.20. The average molecular weight is 590 g/mol. The normalized spacial score (nSPS) is 23.3. The summed E-state index contributed by atoms with van der Waals surface area (Å²) in [5.41, 5.74) is 2.52. The molecule has 1 N–H and O–H groups in total. The van der Waals surface area contributed by atoms with E-state index in [0.29, 0.717) is 71.2 Å². The van der Waals surface area contributed by atoms with Gasteiger partial charge in [-0.25, -0.2) is 19.7 Å². The number of carboxylic acid groups (broad SMARTS) is 1. The van der Waals surface area contributed by atoms with Crippen LogP contribution in [-0.4, -0.2) is 82.7 Å². The van der Waals surface area contributed by atoms with Crippen LogP contribution in [0.5, 0.6) is 5.88 Å². The number of benzene rings is 1. The Morgan fingerprint density at radius 2 is 2.10 bits per heavy atom. The summed E-state index contributed by atoms with van der Waals surface area (Å²) in [7, 11) is 0. The average Bonchev–Trinajstić information content (AvgIpc) is 3.53. The number of carbonyl (C=O) groups is 1. The number of ether oxygens (including phenoxy) is 3. The highest BCUT2D eigenvalue weighted by Gasteiger charge is 2.50. The zero-order valence-electron chi connectivity index (χ0n) is 23.0. The van der Waals surface area contributed by atoms with Gasteiger partial charge in [-0.1, -0.05) is 17.5 Å². The predicted molar refractivity (Wildman–Crippen MR) is 155 cm³/mol. The van der Waals surface area contributed by atoms with Crippen LogP contribution in [0.3, 0.4) is 0 Å². The zero-order valence-corrected chi connectivity index (χ0v) is 23.8. The number of terminal acetylenes is 1. The molecule has 0 amide bonds. The number of pyridine rings is 1. The number of halogens is 1. The van der Waals surface area contributed by atoms with Crippen LogP contribution < -0.4 is 14.5 Å². The fourth-order valence-electron chi connectivity index (χ4n) is 6.13. The number of carboxylic acids is 1. The van der Waals surface area contributed by atoms with Crippen LogP contribution in [0.1, 0.15) is 24.7 Å². The molecular weight excluding hydrogens is 562 g/mol. The molecule has 12 heteroatoms. The zero-order chi connectivity index (χ0) is 29.2. The van der Waals surface area contributed by atoms with E-state index < -0.39 is 23.7 Å². The summed E-state index contributed by atoms with van der Waals surface area (Å²) in [6.07, 6.45) is 7.01. The highest BCUT2D eigenvalue weighted by atomic mass is 35.5. The monoisotopic (exact) mass is 589 g/mol. The van der Waals surface area contributed by atoms with E-state index in [1.807, 2.05) is 12.1 Å². The molecule has 216 valence electrons. The summed E-state index contributed by atoms with van der Waals surface area (Å²) in [6, 6.07) is 6.28. The highest BCUT2D eigenvalue weighted by Crippen LogP contribution is 2.41. The molecule has 3 aliphatic heterocycles. The third kappa shape index (κ3) is 4.29. The van der Waals surface area contributed by atoms with Crippen molar-refractivity contribution >= 4 is 51.1 Å².